The van der Waals surface area contributed by atoms with Gasteiger partial charge in [0.15, 0.2) is 0 Å². The zero-order chi connectivity index (χ0) is 20.3. The van der Waals surface area contributed by atoms with Gasteiger partial charge in [-0.3, -0.25) is 4.79 Å². The van der Waals surface area contributed by atoms with Crippen LogP contribution in [0.25, 0.3) is 0 Å². The number of hydrogen-bond acceptors (Lipinski definition) is 5. The fourth-order valence-electron chi connectivity index (χ4n) is 3.42. The first-order chi connectivity index (χ1) is 13.4. The van der Waals surface area contributed by atoms with Gasteiger partial charge in [0.2, 0.25) is 15.9 Å². The quantitative estimate of drug-likeness (QED) is 0.800. The molecule has 0 atom stereocenters. The number of sulfonamides is 1. The van der Waals surface area contributed by atoms with Gasteiger partial charge in [0.1, 0.15) is 11.5 Å². The van der Waals surface area contributed by atoms with Crippen LogP contribution in [0.15, 0.2) is 41.3 Å². The number of carbonyl (C=O) groups excluding carboxylic acids is 1. The Bertz CT molecular complexity index is 966. The van der Waals surface area contributed by atoms with Crippen molar-refractivity contribution in [1.29, 1.82) is 0 Å². The first-order valence-corrected chi connectivity index (χ1v) is 10.5. The van der Waals surface area contributed by atoms with E-state index in [9.17, 15) is 13.2 Å². The molecule has 28 heavy (non-hydrogen) atoms. The Morgan fingerprint density at radius 2 is 1.82 bits per heavy atom. The molecule has 0 saturated carbocycles. The summed E-state index contributed by atoms with van der Waals surface area (Å²) in [7, 11) is -0.695. The van der Waals surface area contributed by atoms with Gasteiger partial charge in [0.25, 0.3) is 0 Å². The summed E-state index contributed by atoms with van der Waals surface area (Å²) < 4.78 is 38.9. The molecule has 1 aliphatic heterocycles. The van der Waals surface area contributed by atoms with Crippen molar-refractivity contribution in [2.45, 2.75) is 31.2 Å². The lowest BCUT2D eigenvalue weighted by Gasteiger charge is -2.28. The van der Waals surface area contributed by atoms with Crippen molar-refractivity contribution < 1.29 is 22.7 Å². The number of nitrogens with zero attached hydrogens (tertiary/aromatic N) is 1. The number of rotatable bonds is 6. The molecule has 0 spiro atoms. The Balaban J connectivity index is 1.86. The van der Waals surface area contributed by atoms with Gasteiger partial charge in [-0.2, -0.15) is 0 Å². The van der Waals surface area contributed by atoms with Crippen molar-refractivity contribution in [2.24, 2.45) is 0 Å². The smallest absolute Gasteiger partial charge is 0.240 e. The average molecular weight is 404 g/mol. The van der Waals surface area contributed by atoms with Gasteiger partial charge in [0.05, 0.1) is 24.7 Å². The van der Waals surface area contributed by atoms with E-state index >= 15 is 0 Å². The number of fused-ring (bicyclic) bond motifs is 1. The number of aryl methyl sites for hydroxylation is 1. The molecule has 150 valence electrons. The lowest BCUT2D eigenvalue weighted by molar-refractivity contribution is -0.116. The Labute approximate surface area is 165 Å². The van der Waals surface area contributed by atoms with Crippen LogP contribution < -0.4 is 19.1 Å². The predicted octanol–water partition coefficient (Wildman–Crippen LogP) is 2.48. The van der Waals surface area contributed by atoms with Crippen molar-refractivity contribution >= 4 is 21.6 Å². The van der Waals surface area contributed by atoms with Crippen molar-refractivity contribution in [1.82, 2.24) is 4.72 Å². The highest BCUT2D eigenvalue weighted by atomic mass is 32.2. The number of nitrogens with one attached hydrogen (secondary N) is 1. The summed E-state index contributed by atoms with van der Waals surface area (Å²) in [4.78, 5) is 13.6. The first kappa shape index (κ1) is 20.2. The van der Waals surface area contributed by atoms with Crippen molar-refractivity contribution in [3.63, 3.8) is 0 Å². The fraction of sp³-hybridized carbons (Fsp3) is 0.350. The fourth-order valence-corrected chi connectivity index (χ4v) is 4.47. The minimum Gasteiger partial charge on any atom is -0.496 e. The number of ether oxygens (including phenoxy) is 2. The van der Waals surface area contributed by atoms with Crippen LogP contribution in [0, 0.1) is 0 Å². The highest BCUT2D eigenvalue weighted by Crippen LogP contribution is 2.31. The second-order valence-electron chi connectivity index (χ2n) is 6.53. The zero-order valence-electron chi connectivity index (χ0n) is 16.2. The Morgan fingerprint density at radius 1 is 1.14 bits per heavy atom. The van der Waals surface area contributed by atoms with Gasteiger partial charge < -0.3 is 14.4 Å². The first-order valence-electron chi connectivity index (χ1n) is 8.98. The summed E-state index contributed by atoms with van der Waals surface area (Å²) in [5.41, 5.74) is 2.26. The zero-order valence-corrected chi connectivity index (χ0v) is 17.0. The Morgan fingerprint density at radius 3 is 2.43 bits per heavy atom. The van der Waals surface area contributed by atoms with E-state index in [4.69, 9.17) is 9.47 Å². The van der Waals surface area contributed by atoms with Crippen LogP contribution in [-0.4, -0.2) is 35.1 Å². The van der Waals surface area contributed by atoms with Crippen LogP contribution in [-0.2, 0) is 27.8 Å². The number of anilines is 1. The van der Waals surface area contributed by atoms with Gasteiger partial charge in [-0.1, -0.05) is 6.07 Å². The molecular formula is C20H24N2O5S. The summed E-state index contributed by atoms with van der Waals surface area (Å²) in [6.45, 7) is 2.20. The number of benzene rings is 2. The molecule has 1 N–H and O–H groups in total. The normalized spacial score (nSPS) is 13.8. The molecule has 0 fully saturated rings. The molecule has 8 heteroatoms. The second-order valence-corrected chi connectivity index (χ2v) is 8.30. The van der Waals surface area contributed by atoms with Gasteiger partial charge in [-0.25, -0.2) is 13.1 Å². The third kappa shape index (κ3) is 3.98. The third-order valence-corrected chi connectivity index (χ3v) is 6.23. The number of amides is 1. The van der Waals surface area contributed by atoms with Crippen molar-refractivity contribution in [2.75, 3.05) is 25.7 Å². The number of hydrogen-bond donors (Lipinski definition) is 1. The predicted molar refractivity (Wildman–Crippen MR) is 106 cm³/mol. The average Bonchev–Trinajstić information content (AvgIpc) is 2.70. The number of methoxy groups -OCH3 is 2. The van der Waals surface area contributed by atoms with E-state index in [0.29, 0.717) is 23.6 Å². The minimum atomic E-state index is -3.74. The molecule has 3 rings (SSSR count). The highest BCUT2D eigenvalue weighted by molar-refractivity contribution is 7.89. The summed E-state index contributed by atoms with van der Waals surface area (Å²) in [6.07, 6.45) is 1.55. The summed E-state index contributed by atoms with van der Waals surface area (Å²) >= 11 is 0. The van der Waals surface area contributed by atoms with E-state index in [1.807, 2.05) is 0 Å². The van der Waals surface area contributed by atoms with Crippen LogP contribution in [0.5, 0.6) is 11.5 Å². The maximum absolute atomic E-state index is 12.8. The molecule has 7 nitrogen and oxygen atoms in total. The van der Waals surface area contributed by atoms with E-state index in [2.05, 4.69) is 4.72 Å². The molecule has 0 bridgehead atoms. The molecule has 2 aromatic carbocycles. The molecule has 0 aromatic heterocycles. The Hall–Kier alpha value is -2.58. The maximum Gasteiger partial charge on any atom is 0.240 e. The van der Waals surface area contributed by atoms with Crippen LogP contribution in [0.4, 0.5) is 5.69 Å². The van der Waals surface area contributed by atoms with Crippen LogP contribution in [0.2, 0.25) is 0 Å². The van der Waals surface area contributed by atoms with Crippen LogP contribution in [0.3, 0.4) is 0 Å². The van der Waals surface area contributed by atoms with E-state index < -0.39 is 10.0 Å². The minimum absolute atomic E-state index is 0.0339. The van der Waals surface area contributed by atoms with Gasteiger partial charge in [-0.05, 0) is 48.7 Å². The summed E-state index contributed by atoms with van der Waals surface area (Å²) in [5.74, 6) is 1.05. The molecule has 1 aliphatic rings. The monoisotopic (exact) mass is 404 g/mol. The molecule has 0 unspecified atom stereocenters. The molecule has 0 saturated heterocycles. The topological polar surface area (TPSA) is 84.9 Å². The molecular weight excluding hydrogens is 380 g/mol. The molecule has 0 radical (unpaired) electrons. The van der Waals surface area contributed by atoms with Crippen LogP contribution in [0.1, 0.15) is 24.5 Å². The van der Waals surface area contributed by atoms with Gasteiger partial charge >= 0.3 is 0 Å². The lowest BCUT2D eigenvalue weighted by Crippen LogP contribution is -2.33. The van der Waals surface area contributed by atoms with E-state index in [1.165, 1.54) is 27.2 Å². The second kappa shape index (κ2) is 8.20. The van der Waals surface area contributed by atoms with Crippen LogP contribution >= 0.6 is 0 Å². The van der Waals surface area contributed by atoms with E-state index in [0.717, 1.165) is 24.1 Å². The standard InChI is InChI=1S/C20H24N2O5S/c1-14(23)22-11-5-6-15-12-16(9-10-18(15)22)28(24,25)21-13-17-19(26-2)7-4-8-20(17)27-3/h4,7-10,12,21H,5-6,11,13H2,1-3H3. The Kier molecular flexibility index (Phi) is 5.90. The van der Waals surface area contributed by atoms with Gasteiger partial charge in [-0.15, -0.1) is 0 Å². The lowest BCUT2D eigenvalue weighted by atomic mass is 10.0. The van der Waals surface area contributed by atoms with Crippen molar-refractivity contribution in [3.8, 4) is 11.5 Å². The molecule has 1 heterocycles. The summed E-state index contributed by atoms with van der Waals surface area (Å²) in [5, 5.41) is 0. The SMILES string of the molecule is COc1cccc(OC)c1CNS(=O)(=O)c1ccc2c(c1)CCCN2C(C)=O. The van der Waals surface area contributed by atoms with Crippen molar-refractivity contribution in [3.05, 3.63) is 47.5 Å². The molecule has 2 aromatic rings. The van der Waals surface area contributed by atoms with E-state index in [1.54, 1.807) is 35.2 Å². The highest BCUT2D eigenvalue weighted by Gasteiger charge is 2.23. The largest absolute Gasteiger partial charge is 0.496 e. The molecule has 1 amide bonds. The maximum atomic E-state index is 12.8. The molecule has 0 aliphatic carbocycles. The third-order valence-electron chi connectivity index (χ3n) is 4.83. The number of carbonyl (C=O) groups is 1. The van der Waals surface area contributed by atoms with Gasteiger partial charge in [0, 0.05) is 25.7 Å². The summed E-state index contributed by atoms with van der Waals surface area (Å²) in [6, 6.07) is 10.2. The van der Waals surface area contributed by atoms with E-state index in [-0.39, 0.29) is 17.3 Å².